The number of amides is 2. The van der Waals surface area contributed by atoms with Crippen LogP contribution in [-0.2, 0) is 9.59 Å². The number of aromatic amines is 1. The second-order valence-corrected chi connectivity index (χ2v) is 7.73. The standard InChI is InChI=1S/C20H19N3O5S2/c1-26-13-8-12(9-14(27-2)18(13)28-3)10-15-19(25)23(20(29)30-15)11-17(24)22-16-6-4-5-7-21-16/h4-10H,11H2,1-3H3,(H,21,22,24)/p+1. The van der Waals surface area contributed by atoms with Crippen LogP contribution in [-0.4, -0.2) is 48.9 Å². The highest BCUT2D eigenvalue weighted by Crippen LogP contribution is 2.40. The quantitative estimate of drug-likeness (QED) is 0.516. The zero-order valence-corrected chi connectivity index (χ0v) is 18.2. The predicted molar refractivity (Wildman–Crippen MR) is 118 cm³/mol. The topological polar surface area (TPSA) is 91.2 Å². The van der Waals surface area contributed by atoms with Gasteiger partial charge in [-0.25, -0.2) is 15.1 Å². The van der Waals surface area contributed by atoms with Crippen LogP contribution in [0.3, 0.4) is 0 Å². The lowest BCUT2D eigenvalue weighted by atomic mass is 10.1. The second kappa shape index (κ2) is 9.59. The summed E-state index contributed by atoms with van der Waals surface area (Å²) < 4.78 is 16.3. The first-order valence-corrected chi connectivity index (χ1v) is 10.0. The van der Waals surface area contributed by atoms with Crippen molar-refractivity contribution in [3.63, 3.8) is 0 Å². The normalized spacial score (nSPS) is 14.8. The fraction of sp³-hybridized carbons (Fsp3) is 0.200. The molecule has 10 heteroatoms. The van der Waals surface area contributed by atoms with Gasteiger partial charge in [-0.3, -0.25) is 9.69 Å². The van der Waals surface area contributed by atoms with Crippen molar-refractivity contribution in [2.75, 3.05) is 33.2 Å². The average molecular weight is 447 g/mol. The Balaban J connectivity index is 1.78. The Labute approximate surface area is 183 Å². The van der Waals surface area contributed by atoms with Gasteiger partial charge in [0.15, 0.2) is 11.5 Å². The molecule has 1 fully saturated rings. The van der Waals surface area contributed by atoms with Crippen molar-refractivity contribution < 1.29 is 28.8 Å². The van der Waals surface area contributed by atoms with Crippen molar-refractivity contribution >= 4 is 52.0 Å². The number of hydrogen-bond donors (Lipinski definition) is 1. The minimum absolute atomic E-state index is 0.181. The molecular weight excluding hydrogens is 426 g/mol. The molecule has 156 valence electrons. The number of H-pyrrole nitrogens is 1. The van der Waals surface area contributed by atoms with E-state index in [-0.39, 0.29) is 18.4 Å². The maximum atomic E-state index is 12.8. The number of thioether (sulfide) groups is 1. The highest BCUT2D eigenvalue weighted by Gasteiger charge is 2.34. The summed E-state index contributed by atoms with van der Waals surface area (Å²) in [6.07, 6.45) is 3.36. The molecule has 1 aromatic heterocycles. The van der Waals surface area contributed by atoms with Crippen LogP contribution in [0.15, 0.2) is 41.4 Å². The molecule has 2 heterocycles. The van der Waals surface area contributed by atoms with E-state index in [1.54, 1.807) is 42.6 Å². The molecule has 1 aliphatic heterocycles. The smallest absolute Gasteiger partial charge is 0.327 e. The molecule has 0 bridgehead atoms. The second-order valence-electron chi connectivity index (χ2n) is 6.05. The van der Waals surface area contributed by atoms with Crippen LogP contribution in [0.25, 0.3) is 6.08 Å². The first-order chi connectivity index (χ1) is 14.5. The number of methoxy groups -OCH3 is 3. The largest absolute Gasteiger partial charge is 0.493 e. The van der Waals surface area contributed by atoms with Crippen molar-refractivity contribution in [3.8, 4) is 17.2 Å². The zero-order chi connectivity index (χ0) is 21.7. The van der Waals surface area contributed by atoms with E-state index >= 15 is 0 Å². The summed E-state index contributed by atoms with van der Waals surface area (Å²) in [4.78, 5) is 29.7. The van der Waals surface area contributed by atoms with E-state index in [2.05, 4.69) is 10.3 Å². The van der Waals surface area contributed by atoms with E-state index in [0.717, 1.165) is 11.8 Å². The van der Waals surface area contributed by atoms with Gasteiger partial charge in [-0.15, -0.1) is 0 Å². The molecule has 30 heavy (non-hydrogen) atoms. The number of hydrogen-bond acceptors (Lipinski definition) is 7. The number of carbonyl (C=O) groups excluding carboxylic acids is 2. The van der Waals surface area contributed by atoms with Crippen LogP contribution in [0.2, 0.25) is 0 Å². The maximum absolute atomic E-state index is 12.8. The number of thiocarbonyl (C=S) groups is 1. The third-order valence-corrected chi connectivity index (χ3v) is 5.52. The fourth-order valence-electron chi connectivity index (χ4n) is 2.78. The van der Waals surface area contributed by atoms with Gasteiger partial charge >= 0.3 is 5.91 Å². The lowest BCUT2D eigenvalue weighted by molar-refractivity contribution is -0.360. The van der Waals surface area contributed by atoms with Crippen molar-refractivity contribution in [1.29, 1.82) is 0 Å². The summed E-state index contributed by atoms with van der Waals surface area (Å²) in [5.74, 6) is 1.22. The van der Waals surface area contributed by atoms with Gasteiger partial charge in [0.2, 0.25) is 5.75 Å². The van der Waals surface area contributed by atoms with E-state index in [0.29, 0.717) is 37.9 Å². The zero-order valence-electron chi connectivity index (χ0n) is 16.6. The summed E-state index contributed by atoms with van der Waals surface area (Å²) in [6.45, 7) is -0.181. The molecule has 1 saturated heterocycles. The van der Waals surface area contributed by atoms with Crippen LogP contribution < -0.4 is 24.5 Å². The molecule has 8 nitrogen and oxygen atoms in total. The SMILES string of the molecule is COc1cc(C=C2SC(=S)N(CC(=O)Nc3cccc[nH+]3)C2=O)cc(OC)c1OC. The molecule has 2 N–H and O–H groups in total. The molecule has 0 unspecified atom stereocenters. The summed E-state index contributed by atoms with van der Waals surface area (Å²) in [7, 11) is 4.55. The van der Waals surface area contributed by atoms with Crippen molar-refractivity contribution in [2.24, 2.45) is 0 Å². The van der Waals surface area contributed by atoms with Crippen LogP contribution in [0.4, 0.5) is 5.82 Å². The van der Waals surface area contributed by atoms with Crippen molar-refractivity contribution in [2.45, 2.75) is 0 Å². The lowest BCUT2D eigenvalue weighted by Crippen LogP contribution is -2.37. The highest BCUT2D eigenvalue weighted by molar-refractivity contribution is 8.26. The van der Waals surface area contributed by atoms with Crippen molar-refractivity contribution in [3.05, 3.63) is 47.0 Å². The van der Waals surface area contributed by atoms with E-state index in [9.17, 15) is 9.59 Å². The maximum Gasteiger partial charge on any atom is 0.327 e. The van der Waals surface area contributed by atoms with Crippen LogP contribution >= 0.6 is 24.0 Å². The Hall–Kier alpha value is -3.11. The van der Waals surface area contributed by atoms with E-state index in [1.165, 1.54) is 26.2 Å². The number of nitrogens with zero attached hydrogens (tertiary/aromatic N) is 1. The Morgan fingerprint density at radius 1 is 1.20 bits per heavy atom. The molecule has 1 aromatic carbocycles. The number of nitrogens with one attached hydrogen (secondary N) is 2. The van der Waals surface area contributed by atoms with Gasteiger partial charge in [-0.2, -0.15) is 0 Å². The van der Waals surface area contributed by atoms with Gasteiger partial charge < -0.3 is 14.2 Å². The van der Waals surface area contributed by atoms with Gasteiger partial charge in [0, 0.05) is 6.07 Å². The number of rotatable bonds is 7. The van der Waals surface area contributed by atoms with E-state index in [4.69, 9.17) is 26.4 Å². The Morgan fingerprint density at radius 3 is 2.47 bits per heavy atom. The Bertz CT molecular complexity index is 986. The minimum Gasteiger partial charge on any atom is -0.493 e. The third-order valence-electron chi connectivity index (χ3n) is 4.14. The number of carbonyl (C=O) groups is 2. The van der Waals surface area contributed by atoms with Gasteiger partial charge in [0.1, 0.15) is 10.9 Å². The minimum atomic E-state index is -0.359. The summed E-state index contributed by atoms with van der Waals surface area (Å²) >= 11 is 6.43. The Kier molecular flexibility index (Phi) is 6.91. The predicted octanol–water partition coefficient (Wildman–Crippen LogP) is 2.37. The lowest BCUT2D eigenvalue weighted by Gasteiger charge is -2.13. The monoisotopic (exact) mass is 446 g/mol. The fourth-order valence-corrected chi connectivity index (χ4v) is 4.03. The number of pyridine rings is 1. The first kappa shape index (κ1) is 21.6. The molecule has 0 atom stereocenters. The van der Waals surface area contributed by atoms with Gasteiger partial charge in [0.05, 0.1) is 32.4 Å². The number of anilines is 1. The summed E-state index contributed by atoms with van der Waals surface area (Å²) in [6, 6.07) is 8.75. The van der Waals surface area contributed by atoms with Crippen LogP contribution in [0.5, 0.6) is 17.2 Å². The molecule has 2 amide bonds. The molecule has 1 aliphatic rings. The average Bonchev–Trinajstić information content (AvgIpc) is 3.00. The summed E-state index contributed by atoms with van der Waals surface area (Å²) in [5, 5.41) is 2.69. The highest BCUT2D eigenvalue weighted by atomic mass is 32.2. The van der Waals surface area contributed by atoms with Gasteiger partial charge in [0.25, 0.3) is 11.7 Å². The molecule has 2 aromatic rings. The van der Waals surface area contributed by atoms with Gasteiger partial charge in [-0.05, 0) is 29.8 Å². The van der Waals surface area contributed by atoms with E-state index < -0.39 is 0 Å². The van der Waals surface area contributed by atoms with Crippen LogP contribution in [0.1, 0.15) is 5.56 Å². The number of ether oxygens (including phenoxy) is 3. The molecule has 0 aliphatic carbocycles. The number of benzene rings is 1. The molecular formula is C20H20N3O5S2+. The number of aromatic nitrogens is 1. The third kappa shape index (κ3) is 4.71. The molecule has 3 rings (SSSR count). The first-order valence-electron chi connectivity index (χ1n) is 8.78. The molecule has 0 saturated carbocycles. The molecule has 0 radical (unpaired) electrons. The van der Waals surface area contributed by atoms with Gasteiger partial charge in [-0.1, -0.05) is 30.0 Å². The van der Waals surface area contributed by atoms with E-state index in [1.807, 2.05) is 0 Å². The Morgan fingerprint density at radius 2 is 1.90 bits per heavy atom. The van der Waals surface area contributed by atoms with Crippen LogP contribution in [0, 0.1) is 0 Å². The molecule has 0 spiro atoms. The summed E-state index contributed by atoms with van der Waals surface area (Å²) in [5.41, 5.74) is 0.674. The van der Waals surface area contributed by atoms with Crippen molar-refractivity contribution in [1.82, 2.24) is 4.90 Å².